The monoisotopic (exact) mass is 397 g/mol. The maximum Gasteiger partial charge on any atom is 0.415 e. The number of carbonyl (C=O) groups excluding carboxylic acids is 1. The summed E-state index contributed by atoms with van der Waals surface area (Å²) in [6, 6.07) is 2.99. The lowest BCUT2D eigenvalue weighted by molar-refractivity contribution is -0.152. The molecule has 0 aliphatic carbocycles. The molecule has 1 aromatic carbocycles. The number of carbonyl (C=O) groups is 1. The van der Waals surface area contributed by atoms with Gasteiger partial charge >= 0.3 is 12.1 Å². The van der Waals surface area contributed by atoms with E-state index in [1.54, 1.807) is 18.2 Å². The number of ether oxygens (including phenoxy) is 1. The van der Waals surface area contributed by atoms with Crippen molar-refractivity contribution in [3.8, 4) is 0 Å². The molecule has 1 N–H and O–H groups in total. The summed E-state index contributed by atoms with van der Waals surface area (Å²) in [5.41, 5.74) is 0.931. The number of esters is 1. The Morgan fingerprint density at radius 1 is 1.45 bits per heavy atom. The van der Waals surface area contributed by atoms with Crippen LogP contribution < -0.4 is 5.32 Å². The predicted molar refractivity (Wildman–Crippen MR) is 77.0 cm³/mol. The third-order valence-electron chi connectivity index (χ3n) is 2.74. The molecular weight excluding hydrogens is 386 g/mol. The molecule has 1 aliphatic rings. The van der Waals surface area contributed by atoms with Gasteiger partial charge in [-0.25, -0.2) is 0 Å². The van der Waals surface area contributed by atoms with Crippen LogP contribution in [0.15, 0.2) is 24.0 Å². The largest absolute Gasteiger partial charge is 0.428 e. The fraction of sp³-hybridized carbons (Fsp3) is 0.308. The molecule has 7 heteroatoms. The number of hydrogen-bond donors (Lipinski definition) is 1. The van der Waals surface area contributed by atoms with Crippen molar-refractivity contribution >= 4 is 40.3 Å². The molecule has 0 saturated heterocycles. The minimum absolute atomic E-state index is 0.0150. The average Bonchev–Trinajstić information content (AvgIpc) is 2.36. The number of anilines is 1. The topological polar surface area (TPSA) is 38.3 Å². The zero-order valence-corrected chi connectivity index (χ0v) is 12.6. The van der Waals surface area contributed by atoms with Gasteiger partial charge in [0.25, 0.3) is 0 Å². The van der Waals surface area contributed by atoms with Crippen molar-refractivity contribution in [1.29, 1.82) is 0 Å². The van der Waals surface area contributed by atoms with Gasteiger partial charge in [0.05, 0.1) is 0 Å². The molecule has 0 saturated carbocycles. The van der Waals surface area contributed by atoms with Gasteiger partial charge in [-0.2, -0.15) is 13.2 Å². The number of alkyl halides is 3. The smallest absolute Gasteiger partial charge is 0.415 e. The van der Waals surface area contributed by atoms with E-state index in [9.17, 15) is 18.0 Å². The molecule has 1 atom stereocenters. The lowest BCUT2D eigenvalue weighted by Gasteiger charge is -2.29. The molecule has 3 nitrogen and oxygen atoms in total. The Hall–Kier alpha value is -1.25. The molecule has 1 heterocycles. The van der Waals surface area contributed by atoms with Crippen molar-refractivity contribution in [1.82, 2.24) is 0 Å². The first kappa shape index (κ1) is 15.1. The first-order valence-electron chi connectivity index (χ1n) is 5.86. The van der Waals surface area contributed by atoms with Crippen LogP contribution in [0.2, 0.25) is 0 Å². The van der Waals surface area contributed by atoms with Crippen molar-refractivity contribution in [3.63, 3.8) is 0 Å². The highest BCUT2D eigenvalue weighted by atomic mass is 127. The van der Waals surface area contributed by atoms with Gasteiger partial charge in [0.15, 0.2) is 6.04 Å². The van der Waals surface area contributed by atoms with Gasteiger partial charge in [0.1, 0.15) is 5.76 Å². The van der Waals surface area contributed by atoms with Gasteiger partial charge in [-0.15, -0.1) is 0 Å². The van der Waals surface area contributed by atoms with E-state index in [4.69, 9.17) is 4.74 Å². The van der Waals surface area contributed by atoms with Crippen LogP contribution >= 0.6 is 22.6 Å². The van der Waals surface area contributed by atoms with Crippen molar-refractivity contribution in [2.45, 2.75) is 25.6 Å². The van der Waals surface area contributed by atoms with Crippen LogP contribution in [0, 0.1) is 3.57 Å². The summed E-state index contributed by atoms with van der Waals surface area (Å²) in [6.07, 6.45) is -3.26. The summed E-state index contributed by atoms with van der Waals surface area (Å²) in [4.78, 5) is 11.3. The third kappa shape index (κ3) is 3.25. The molecule has 1 unspecified atom stereocenters. The highest BCUT2D eigenvalue weighted by Gasteiger charge is 2.45. The van der Waals surface area contributed by atoms with Crippen molar-refractivity contribution in [2.75, 3.05) is 5.32 Å². The first-order chi connectivity index (χ1) is 9.31. The van der Waals surface area contributed by atoms with Gasteiger partial charge in [0, 0.05) is 21.2 Å². The standard InChI is InChI=1S/C13H11F3INO2/c1-2-11(19)20-10-6-7-5-8(17)3-4-9(7)18-12(10)13(14,15)16/h3-6,12,18H,2H2,1H3. The van der Waals surface area contributed by atoms with Crippen molar-refractivity contribution < 1.29 is 22.7 Å². The number of nitrogens with one attached hydrogen (secondary N) is 1. The van der Waals surface area contributed by atoms with Gasteiger partial charge in [-0.3, -0.25) is 4.79 Å². The first-order valence-corrected chi connectivity index (χ1v) is 6.94. The summed E-state index contributed by atoms with van der Waals surface area (Å²) < 4.78 is 44.8. The van der Waals surface area contributed by atoms with E-state index in [2.05, 4.69) is 27.9 Å². The normalized spacial score (nSPS) is 17.9. The SMILES string of the molecule is CCC(=O)OC1=Cc2cc(I)ccc2NC1C(F)(F)F. The molecule has 1 aromatic rings. The molecule has 0 bridgehead atoms. The molecular formula is C13H11F3INO2. The second-order valence-corrected chi connectivity index (χ2v) is 5.47. The lowest BCUT2D eigenvalue weighted by Crippen LogP contribution is -2.40. The van der Waals surface area contributed by atoms with Gasteiger partial charge in [0.2, 0.25) is 0 Å². The Morgan fingerprint density at radius 3 is 2.75 bits per heavy atom. The molecule has 108 valence electrons. The fourth-order valence-corrected chi connectivity index (χ4v) is 2.30. The van der Waals surface area contributed by atoms with Gasteiger partial charge < -0.3 is 10.1 Å². The summed E-state index contributed by atoms with van der Waals surface area (Å²) in [6.45, 7) is 1.53. The van der Waals surface area contributed by atoms with Crippen molar-refractivity contribution in [3.05, 3.63) is 33.1 Å². The van der Waals surface area contributed by atoms with E-state index in [0.717, 1.165) is 3.57 Å². The second kappa shape index (κ2) is 5.63. The maximum atomic E-state index is 13.0. The van der Waals surface area contributed by atoms with Crippen LogP contribution in [0.5, 0.6) is 0 Å². The predicted octanol–water partition coefficient (Wildman–Crippen LogP) is 3.94. The maximum absolute atomic E-state index is 13.0. The molecule has 0 fully saturated rings. The highest BCUT2D eigenvalue weighted by molar-refractivity contribution is 14.1. The number of benzene rings is 1. The van der Waals surface area contributed by atoms with E-state index in [0.29, 0.717) is 11.3 Å². The van der Waals surface area contributed by atoms with Crippen LogP contribution in [0.1, 0.15) is 18.9 Å². The summed E-state index contributed by atoms with van der Waals surface area (Å²) in [7, 11) is 0. The fourth-order valence-electron chi connectivity index (χ4n) is 1.78. The van der Waals surface area contributed by atoms with Gasteiger partial charge in [-0.05, 0) is 46.9 Å². The Bertz CT molecular complexity index is 569. The number of hydrogen-bond acceptors (Lipinski definition) is 3. The van der Waals surface area contributed by atoms with Crippen LogP contribution in [-0.2, 0) is 9.53 Å². The van der Waals surface area contributed by atoms with Crippen LogP contribution in [-0.4, -0.2) is 18.2 Å². The summed E-state index contributed by atoms with van der Waals surface area (Å²) >= 11 is 2.06. The Balaban J connectivity index is 2.42. The zero-order chi connectivity index (χ0) is 14.9. The van der Waals surface area contributed by atoms with Crippen molar-refractivity contribution in [2.24, 2.45) is 0 Å². The van der Waals surface area contributed by atoms with E-state index < -0.39 is 23.9 Å². The Kier molecular flexibility index (Phi) is 4.26. The van der Waals surface area contributed by atoms with Crippen LogP contribution in [0.4, 0.5) is 18.9 Å². The van der Waals surface area contributed by atoms with Gasteiger partial charge in [-0.1, -0.05) is 6.92 Å². The van der Waals surface area contributed by atoms with E-state index in [1.807, 2.05) is 0 Å². The lowest BCUT2D eigenvalue weighted by atomic mass is 10.0. The van der Waals surface area contributed by atoms with Crippen LogP contribution in [0.3, 0.4) is 0 Å². The average molecular weight is 397 g/mol. The third-order valence-corrected chi connectivity index (χ3v) is 3.41. The number of rotatable bonds is 2. The highest BCUT2D eigenvalue weighted by Crippen LogP contribution is 2.36. The molecule has 20 heavy (non-hydrogen) atoms. The quantitative estimate of drug-likeness (QED) is 0.607. The Morgan fingerprint density at radius 2 is 2.15 bits per heavy atom. The minimum atomic E-state index is -4.54. The molecule has 0 radical (unpaired) electrons. The molecule has 0 aromatic heterocycles. The number of halogens is 4. The summed E-state index contributed by atoms with van der Waals surface area (Å²) in [5.74, 6) is -1.11. The summed E-state index contributed by atoms with van der Waals surface area (Å²) in [5, 5.41) is 2.37. The molecule has 2 rings (SSSR count). The molecule has 0 amide bonds. The van der Waals surface area contributed by atoms with E-state index in [-0.39, 0.29) is 6.42 Å². The minimum Gasteiger partial charge on any atom is -0.428 e. The molecule has 0 spiro atoms. The second-order valence-electron chi connectivity index (χ2n) is 4.22. The zero-order valence-electron chi connectivity index (χ0n) is 10.4. The van der Waals surface area contributed by atoms with E-state index in [1.165, 1.54) is 13.0 Å². The number of fused-ring (bicyclic) bond motifs is 1. The van der Waals surface area contributed by atoms with Crippen LogP contribution in [0.25, 0.3) is 6.08 Å². The van der Waals surface area contributed by atoms with E-state index >= 15 is 0 Å². The molecule has 1 aliphatic heterocycles. The Labute approximate surface area is 127 Å².